The Bertz CT molecular complexity index is 1080. The summed E-state index contributed by atoms with van der Waals surface area (Å²) in [6.07, 6.45) is 0. The highest BCUT2D eigenvalue weighted by atomic mass is 35.5. The zero-order valence-corrected chi connectivity index (χ0v) is 18.9. The zero-order chi connectivity index (χ0) is 23.1. The normalized spacial score (nSPS) is 16.8. The van der Waals surface area contributed by atoms with Crippen LogP contribution in [0.1, 0.15) is 44.9 Å². The van der Waals surface area contributed by atoms with Crippen LogP contribution in [-0.2, 0) is 9.59 Å². The fraction of sp³-hybridized carbons (Fsp3) is 0.333. The third-order valence-electron chi connectivity index (χ3n) is 5.16. The molecule has 0 fully saturated rings. The molecule has 0 saturated heterocycles. The van der Waals surface area contributed by atoms with Gasteiger partial charge in [-0.2, -0.15) is 0 Å². The Morgan fingerprint density at radius 1 is 1.16 bits per heavy atom. The second-order valence-corrected chi connectivity index (χ2v) is 8.95. The quantitative estimate of drug-likeness (QED) is 0.657. The van der Waals surface area contributed by atoms with Gasteiger partial charge in [0.15, 0.2) is 23.0 Å². The second kappa shape index (κ2) is 8.27. The molecule has 6 nitrogen and oxygen atoms in total. The summed E-state index contributed by atoms with van der Waals surface area (Å²) in [6, 6.07) is 8.83. The first-order chi connectivity index (χ1) is 14.5. The standard InChI is InChI=1S/C24H26ClNO5/c1-6-31-18-11-14(8-10-17(18)27)20-19(22(29)24(3,4)5)21(28)23(30)26(20)16-12-15(25)9-7-13(16)2/h7-12,20,27-28H,6H2,1-5H3. The first kappa shape index (κ1) is 22.7. The number of ketones is 1. The molecular weight excluding hydrogens is 418 g/mol. The van der Waals surface area contributed by atoms with Gasteiger partial charge in [0.1, 0.15) is 0 Å². The van der Waals surface area contributed by atoms with E-state index in [0.29, 0.717) is 22.9 Å². The molecule has 164 valence electrons. The van der Waals surface area contributed by atoms with Crippen molar-refractivity contribution in [2.45, 2.75) is 40.7 Å². The molecule has 31 heavy (non-hydrogen) atoms. The number of aliphatic hydroxyl groups is 1. The number of hydrogen-bond acceptors (Lipinski definition) is 5. The Morgan fingerprint density at radius 2 is 1.84 bits per heavy atom. The maximum absolute atomic E-state index is 13.3. The molecule has 1 atom stereocenters. The number of aryl methyl sites for hydroxylation is 1. The van der Waals surface area contributed by atoms with Crippen LogP contribution < -0.4 is 9.64 Å². The van der Waals surface area contributed by atoms with Gasteiger partial charge in [-0.25, -0.2) is 0 Å². The van der Waals surface area contributed by atoms with Gasteiger partial charge in [-0.3, -0.25) is 14.5 Å². The molecule has 3 rings (SSSR count). The molecular formula is C24H26ClNO5. The van der Waals surface area contributed by atoms with Crippen molar-refractivity contribution in [1.29, 1.82) is 0 Å². The van der Waals surface area contributed by atoms with E-state index in [1.165, 1.54) is 11.0 Å². The highest BCUT2D eigenvalue weighted by molar-refractivity contribution is 6.31. The molecule has 1 aliphatic heterocycles. The van der Waals surface area contributed by atoms with Gasteiger partial charge in [0.2, 0.25) is 0 Å². The first-order valence-electron chi connectivity index (χ1n) is 10.0. The summed E-state index contributed by atoms with van der Waals surface area (Å²) in [6.45, 7) is 9.12. The molecule has 0 saturated carbocycles. The van der Waals surface area contributed by atoms with Crippen LogP contribution in [0.4, 0.5) is 5.69 Å². The number of amides is 1. The predicted molar refractivity (Wildman–Crippen MR) is 120 cm³/mol. The molecule has 0 aliphatic carbocycles. The molecule has 2 N–H and O–H groups in total. The maximum Gasteiger partial charge on any atom is 0.294 e. The van der Waals surface area contributed by atoms with Crippen molar-refractivity contribution in [2.75, 3.05) is 11.5 Å². The Balaban J connectivity index is 2.27. The average molecular weight is 444 g/mol. The van der Waals surface area contributed by atoms with Crippen molar-refractivity contribution < 1.29 is 24.5 Å². The van der Waals surface area contributed by atoms with E-state index in [1.807, 2.05) is 6.92 Å². The van der Waals surface area contributed by atoms with Gasteiger partial charge in [0.25, 0.3) is 5.91 Å². The Kier molecular flexibility index (Phi) is 6.05. The number of benzene rings is 2. The van der Waals surface area contributed by atoms with E-state index < -0.39 is 23.1 Å². The van der Waals surface area contributed by atoms with Crippen LogP contribution in [0.15, 0.2) is 47.7 Å². The number of carbonyl (C=O) groups is 2. The van der Waals surface area contributed by atoms with Crippen molar-refractivity contribution in [1.82, 2.24) is 0 Å². The lowest BCUT2D eigenvalue weighted by Crippen LogP contribution is -2.33. The Labute approximate surface area is 186 Å². The largest absolute Gasteiger partial charge is 0.504 e. The molecule has 2 aromatic carbocycles. The van der Waals surface area contributed by atoms with Crippen LogP contribution in [0.2, 0.25) is 5.02 Å². The minimum Gasteiger partial charge on any atom is -0.504 e. The van der Waals surface area contributed by atoms with Gasteiger partial charge in [-0.1, -0.05) is 44.5 Å². The summed E-state index contributed by atoms with van der Waals surface area (Å²) in [4.78, 5) is 27.9. The number of anilines is 1. The van der Waals surface area contributed by atoms with Gasteiger partial charge >= 0.3 is 0 Å². The zero-order valence-electron chi connectivity index (χ0n) is 18.2. The van der Waals surface area contributed by atoms with Crippen LogP contribution in [0.5, 0.6) is 11.5 Å². The number of aromatic hydroxyl groups is 1. The molecule has 0 spiro atoms. The van der Waals surface area contributed by atoms with E-state index in [-0.39, 0.29) is 22.9 Å². The van der Waals surface area contributed by atoms with E-state index in [2.05, 4.69) is 0 Å². The maximum atomic E-state index is 13.3. The minimum atomic E-state index is -0.906. The van der Waals surface area contributed by atoms with E-state index in [1.54, 1.807) is 58.0 Å². The SMILES string of the molecule is CCOc1cc(C2C(C(=O)C(C)(C)C)=C(O)C(=O)N2c2cc(Cl)ccc2C)ccc1O. The van der Waals surface area contributed by atoms with Gasteiger partial charge in [0.05, 0.1) is 18.2 Å². The number of carbonyl (C=O) groups excluding carboxylic acids is 2. The number of rotatable bonds is 5. The van der Waals surface area contributed by atoms with Crippen molar-refractivity contribution in [3.8, 4) is 11.5 Å². The van der Waals surface area contributed by atoms with Crippen molar-refractivity contribution in [3.05, 3.63) is 63.9 Å². The van der Waals surface area contributed by atoms with Crippen LogP contribution in [0.3, 0.4) is 0 Å². The summed E-state index contributed by atoms with van der Waals surface area (Å²) in [7, 11) is 0. The molecule has 7 heteroatoms. The number of phenolic OH excluding ortho intramolecular Hbond substituents is 1. The minimum absolute atomic E-state index is 0.00464. The van der Waals surface area contributed by atoms with Crippen LogP contribution in [0, 0.1) is 12.3 Å². The molecule has 0 aromatic heterocycles. The van der Waals surface area contributed by atoms with E-state index in [9.17, 15) is 19.8 Å². The lowest BCUT2D eigenvalue weighted by molar-refractivity contribution is -0.123. The lowest BCUT2D eigenvalue weighted by atomic mass is 9.82. The number of phenols is 1. The van der Waals surface area contributed by atoms with E-state index in [4.69, 9.17) is 16.3 Å². The van der Waals surface area contributed by atoms with Crippen LogP contribution in [0.25, 0.3) is 0 Å². The molecule has 1 aliphatic rings. The number of ether oxygens (including phenoxy) is 1. The monoisotopic (exact) mass is 443 g/mol. The third-order valence-corrected chi connectivity index (χ3v) is 5.40. The Morgan fingerprint density at radius 3 is 2.45 bits per heavy atom. The first-order valence-corrected chi connectivity index (χ1v) is 10.4. The molecule has 0 radical (unpaired) electrons. The van der Waals surface area contributed by atoms with Crippen LogP contribution in [-0.4, -0.2) is 28.5 Å². The smallest absolute Gasteiger partial charge is 0.294 e. The molecule has 2 aromatic rings. The lowest BCUT2D eigenvalue weighted by Gasteiger charge is -2.30. The summed E-state index contributed by atoms with van der Waals surface area (Å²) in [5, 5.41) is 21.3. The van der Waals surface area contributed by atoms with Crippen molar-refractivity contribution in [2.24, 2.45) is 5.41 Å². The highest BCUT2D eigenvalue weighted by Crippen LogP contribution is 2.46. The average Bonchev–Trinajstić information content (AvgIpc) is 2.95. The number of halogens is 1. The fourth-order valence-corrected chi connectivity index (χ4v) is 3.79. The van der Waals surface area contributed by atoms with Crippen molar-refractivity contribution in [3.63, 3.8) is 0 Å². The Hall–Kier alpha value is -2.99. The molecule has 1 heterocycles. The molecule has 1 amide bonds. The number of hydrogen-bond donors (Lipinski definition) is 2. The summed E-state index contributed by atoms with van der Waals surface area (Å²) in [5.41, 5.74) is 0.928. The van der Waals surface area contributed by atoms with E-state index in [0.717, 1.165) is 5.56 Å². The molecule has 0 bridgehead atoms. The summed E-state index contributed by atoms with van der Waals surface area (Å²) in [5.74, 6) is -1.46. The number of nitrogens with zero attached hydrogens (tertiary/aromatic N) is 1. The molecule has 1 unspecified atom stereocenters. The second-order valence-electron chi connectivity index (χ2n) is 8.51. The summed E-state index contributed by atoms with van der Waals surface area (Å²) < 4.78 is 5.50. The van der Waals surface area contributed by atoms with Gasteiger partial charge in [-0.05, 0) is 49.2 Å². The highest BCUT2D eigenvalue weighted by Gasteiger charge is 2.47. The topological polar surface area (TPSA) is 87.1 Å². The van der Waals surface area contributed by atoms with Crippen LogP contribution >= 0.6 is 11.6 Å². The number of Topliss-reactive ketones (excluding diaryl/α,β-unsaturated/α-hetero) is 1. The van der Waals surface area contributed by atoms with Gasteiger partial charge in [0, 0.05) is 16.1 Å². The van der Waals surface area contributed by atoms with Crippen molar-refractivity contribution >= 4 is 29.0 Å². The number of aliphatic hydroxyl groups excluding tert-OH is 1. The third kappa shape index (κ3) is 4.12. The van der Waals surface area contributed by atoms with E-state index >= 15 is 0 Å². The summed E-state index contributed by atoms with van der Waals surface area (Å²) >= 11 is 6.20. The van der Waals surface area contributed by atoms with Gasteiger partial charge in [-0.15, -0.1) is 0 Å². The predicted octanol–water partition coefficient (Wildman–Crippen LogP) is 5.27. The fourth-order valence-electron chi connectivity index (χ4n) is 3.62. The van der Waals surface area contributed by atoms with Gasteiger partial charge < -0.3 is 14.9 Å².